The first kappa shape index (κ1) is 8.56. The van der Waals surface area contributed by atoms with Gasteiger partial charge in [0.15, 0.2) is 0 Å². The first-order chi connectivity index (χ1) is 6.27. The van der Waals surface area contributed by atoms with Gasteiger partial charge in [0.2, 0.25) is 0 Å². The van der Waals surface area contributed by atoms with E-state index in [0.29, 0.717) is 6.61 Å². The highest BCUT2D eigenvalue weighted by molar-refractivity contribution is 7.10. The summed E-state index contributed by atoms with van der Waals surface area (Å²) in [7, 11) is 0. The topological polar surface area (TPSA) is 38.3 Å². The lowest BCUT2D eigenvalue weighted by Gasteiger charge is -2.22. The first-order valence-electron chi connectivity index (χ1n) is 4.24. The smallest absolute Gasteiger partial charge is 0.407 e. The third kappa shape index (κ3) is 1.67. The Bertz CT molecular complexity index is 321. The van der Waals surface area contributed by atoms with Gasteiger partial charge in [-0.15, -0.1) is 11.3 Å². The second-order valence-electron chi connectivity index (χ2n) is 3.09. The molecule has 2 rings (SSSR count). The Morgan fingerprint density at radius 2 is 2.54 bits per heavy atom. The summed E-state index contributed by atoms with van der Waals surface area (Å²) in [5.41, 5.74) is 1.25. The van der Waals surface area contributed by atoms with Crippen molar-refractivity contribution in [3.8, 4) is 0 Å². The number of alkyl carbamates (subject to hydrolysis) is 1. The van der Waals surface area contributed by atoms with E-state index in [1.807, 2.05) is 5.38 Å². The van der Waals surface area contributed by atoms with Gasteiger partial charge < -0.3 is 10.1 Å². The number of thiophene rings is 1. The summed E-state index contributed by atoms with van der Waals surface area (Å²) in [6.45, 7) is 2.58. The summed E-state index contributed by atoms with van der Waals surface area (Å²) >= 11 is 1.69. The lowest BCUT2D eigenvalue weighted by atomic mass is 10.1. The minimum Gasteiger partial charge on any atom is -0.449 e. The molecule has 1 atom stereocenters. The van der Waals surface area contributed by atoms with Crippen LogP contribution in [0.2, 0.25) is 0 Å². The van der Waals surface area contributed by atoms with Crippen molar-refractivity contribution in [2.75, 3.05) is 6.61 Å². The fraction of sp³-hybridized carbons (Fsp3) is 0.444. The Hall–Kier alpha value is -1.03. The molecule has 1 aliphatic heterocycles. The molecule has 1 amide bonds. The number of carbonyl (C=O) groups excluding carboxylic acids is 1. The van der Waals surface area contributed by atoms with Crippen molar-refractivity contribution in [1.29, 1.82) is 0 Å². The first-order valence-corrected chi connectivity index (χ1v) is 5.12. The Labute approximate surface area is 80.7 Å². The van der Waals surface area contributed by atoms with Gasteiger partial charge in [-0.3, -0.25) is 0 Å². The zero-order chi connectivity index (χ0) is 9.26. The molecule has 1 fully saturated rings. The van der Waals surface area contributed by atoms with Crippen LogP contribution >= 0.6 is 11.3 Å². The van der Waals surface area contributed by atoms with Crippen LogP contribution < -0.4 is 5.32 Å². The number of aryl methyl sites for hydroxylation is 1. The average molecular weight is 197 g/mol. The van der Waals surface area contributed by atoms with Crippen molar-refractivity contribution in [3.05, 3.63) is 21.9 Å². The molecule has 1 unspecified atom stereocenters. The summed E-state index contributed by atoms with van der Waals surface area (Å²) in [4.78, 5) is 12.2. The molecule has 0 radical (unpaired) electrons. The molecule has 0 bridgehead atoms. The molecule has 0 aliphatic carbocycles. The SMILES string of the molecule is Cc1ccsc1C1CCOC(=O)N1. The largest absolute Gasteiger partial charge is 0.449 e. The highest BCUT2D eigenvalue weighted by Crippen LogP contribution is 2.27. The van der Waals surface area contributed by atoms with Gasteiger partial charge in [0, 0.05) is 11.3 Å². The van der Waals surface area contributed by atoms with Gasteiger partial charge in [0.05, 0.1) is 12.6 Å². The standard InChI is InChI=1S/C9H11NO2S/c1-6-3-5-13-8(6)7-2-4-12-9(11)10-7/h3,5,7H,2,4H2,1H3,(H,10,11). The monoisotopic (exact) mass is 197 g/mol. The van der Waals surface area contributed by atoms with Crippen molar-refractivity contribution in [1.82, 2.24) is 5.32 Å². The predicted molar refractivity (Wildman–Crippen MR) is 50.9 cm³/mol. The Kier molecular flexibility index (Phi) is 2.22. The van der Waals surface area contributed by atoms with E-state index >= 15 is 0 Å². The molecule has 3 nitrogen and oxygen atoms in total. The highest BCUT2D eigenvalue weighted by Gasteiger charge is 2.22. The fourth-order valence-corrected chi connectivity index (χ4v) is 2.48. The Morgan fingerprint density at radius 1 is 1.69 bits per heavy atom. The van der Waals surface area contributed by atoms with E-state index < -0.39 is 0 Å². The molecule has 0 aromatic carbocycles. The van der Waals surface area contributed by atoms with Gasteiger partial charge in [-0.1, -0.05) is 0 Å². The third-order valence-corrected chi connectivity index (χ3v) is 3.28. The zero-order valence-corrected chi connectivity index (χ0v) is 8.19. The molecule has 1 N–H and O–H groups in total. The van der Waals surface area contributed by atoms with Crippen LogP contribution in [0.25, 0.3) is 0 Å². The Balaban J connectivity index is 2.17. The molecule has 2 heterocycles. The van der Waals surface area contributed by atoms with Crippen LogP contribution in [0.4, 0.5) is 4.79 Å². The maximum Gasteiger partial charge on any atom is 0.407 e. The normalized spacial score (nSPS) is 22.2. The van der Waals surface area contributed by atoms with Crippen LogP contribution in [-0.4, -0.2) is 12.7 Å². The third-order valence-electron chi connectivity index (χ3n) is 2.15. The summed E-state index contributed by atoms with van der Waals surface area (Å²) < 4.78 is 4.80. The van der Waals surface area contributed by atoms with Crippen LogP contribution in [-0.2, 0) is 4.74 Å². The number of nitrogens with one attached hydrogen (secondary N) is 1. The van der Waals surface area contributed by atoms with Crippen LogP contribution in [0, 0.1) is 6.92 Å². The van der Waals surface area contributed by atoms with Crippen LogP contribution in [0.3, 0.4) is 0 Å². The second kappa shape index (κ2) is 3.38. The minimum absolute atomic E-state index is 0.154. The molecule has 4 heteroatoms. The maximum atomic E-state index is 11.0. The van der Waals surface area contributed by atoms with Crippen molar-refractivity contribution in [2.45, 2.75) is 19.4 Å². The summed E-state index contributed by atoms with van der Waals surface area (Å²) in [6, 6.07) is 2.22. The fourth-order valence-electron chi connectivity index (χ4n) is 1.46. The van der Waals surface area contributed by atoms with E-state index in [4.69, 9.17) is 4.74 Å². The number of cyclic esters (lactones) is 1. The lowest BCUT2D eigenvalue weighted by molar-refractivity contribution is 0.116. The van der Waals surface area contributed by atoms with Gasteiger partial charge in [0.1, 0.15) is 0 Å². The molecule has 70 valence electrons. The molecule has 13 heavy (non-hydrogen) atoms. The quantitative estimate of drug-likeness (QED) is 0.749. The van der Waals surface area contributed by atoms with E-state index in [2.05, 4.69) is 18.3 Å². The van der Waals surface area contributed by atoms with Crippen molar-refractivity contribution >= 4 is 17.4 Å². The molecule has 1 aromatic rings. The molecular formula is C9H11NO2S. The number of hydrogen-bond acceptors (Lipinski definition) is 3. The van der Waals surface area contributed by atoms with Crippen LogP contribution in [0.5, 0.6) is 0 Å². The number of hydrogen-bond donors (Lipinski definition) is 1. The number of rotatable bonds is 1. The molecule has 1 aliphatic rings. The van der Waals surface area contributed by atoms with Gasteiger partial charge >= 0.3 is 6.09 Å². The van der Waals surface area contributed by atoms with E-state index in [1.165, 1.54) is 10.4 Å². The van der Waals surface area contributed by atoms with Gasteiger partial charge in [-0.05, 0) is 23.9 Å². The van der Waals surface area contributed by atoms with Crippen molar-refractivity contribution < 1.29 is 9.53 Å². The number of amides is 1. The van der Waals surface area contributed by atoms with E-state index in [-0.39, 0.29) is 12.1 Å². The number of carbonyl (C=O) groups is 1. The summed E-state index contributed by atoms with van der Waals surface area (Å²) in [5, 5.41) is 4.86. The van der Waals surface area contributed by atoms with Crippen LogP contribution in [0.15, 0.2) is 11.4 Å². The van der Waals surface area contributed by atoms with Crippen LogP contribution in [0.1, 0.15) is 22.9 Å². The van der Waals surface area contributed by atoms with Gasteiger partial charge in [-0.2, -0.15) is 0 Å². The highest BCUT2D eigenvalue weighted by atomic mass is 32.1. The molecule has 0 saturated carbocycles. The molecule has 1 aromatic heterocycles. The second-order valence-corrected chi connectivity index (χ2v) is 4.04. The lowest BCUT2D eigenvalue weighted by Crippen LogP contribution is -2.35. The zero-order valence-electron chi connectivity index (χ0n) is 7.37. The van der Waals surface area contributed by atoms with E-state index in [9.17, 15) is 4.79 Å². The molecule has 0 spiro atoms. The maximum absolute atomic E-state index is 11.0. The minimum atomic E-state index is -0.302. The van der Waals surface area contributed by atoms with E-state index in [0.717, 1.165) is 6.42 Å². The van der Waals surface area contributed by atoms with Crippen molar-refractivity contribution in [2.24, 2.45) is 0 Å². The Morgan fingerprint density at radius 3 is 3.15 bits per heavy atom. The van der Waals surface area contributed by atoms with Gasteiger partial charge in [0.25, 0.3) is 0 Å². The average Bonchev–Trinajstić information content (AvgIpc) is 2.51. The van der Waals surface area contributed by atoms with Gasteiger partial charge in [-0.25, -0.2) is 4.79 Å². The van der Waals surface area contributed by atoms with E-state index in [1.54, 1.807) is 11.3 Å². The number of ether oxygens (including phenoxy) is 1. The van der Waals surface area contributed by atoms with Crippen molar-refractivity contribution in [3.63, 3.8) is 0 Å². The predicted octanol–water partition coefficient (Wildman–Crippen LogP) is 2.23. The molecular weight excluding hydrogens is 186 g/mol. The summed E-state index contributed by atoms with van der Waals surface area (Å²) in [6.07, 6.45) is 0.566. The summed E-state index contributed by atoms with van der Waals surface area (Å²) in [5.74, 6) is 0. The molecule has 1 saturated heterocycles.